The van der Waals surface area contributed by atoms with Gasteiger partial charge in [-0.1, -0.05) is 6.42 Å². The Morgan fingerprint density at radius 1 is 1.12 bits per heavy atom. The zero-order valence-corrected chi connectivity index (χ0v) is 10.1. The number of nitrogens with two attached hydrogens (primary N) is 1. The molecule has 1 aromatic heterocycles. The number of hydrogen-bond donors (Lipinski definition) is 1. The molecular formula is C13H19N3O. The lowest BCUT2D eigenvalue weighted by molar-refractivity contribution is 0.125. The number of ether oxygens (including phenoxy) is 1. The maximum atomic E-state index is 6.10. The molecule has 3 rings (SSSR count). The van der Waals surface area contributed by atoms with Crippen molar-refractivity contribution in [3.8, 4) is 5.88 Å². The fraction of sp³-hybridized carbons (Fsp3) is 0.692. The molecule has 1 saturated carbocycles. The molecule has 17 heavy (non-hydrogen) atoms. The third kappa shape index (κ3) is 2.14. The Balaban J connectivity index is 1.78. The molecule has 1 fully saturated rings. The van der Waals surface area contributed by atoms with Gasteiger partial charge in [0.1, 0.15) is 12.4 Å². The monoisotopic (exact) mass is 233 g/mol. The summed E-state index contributed by atoms with van der Waals surface area (Å²) in [6.07, 6.45) is 9.60. The third-order valence-corrected chi connectivity index (χ3v) is 3.85. The van der Waals surface area contributed by atoms with Crippen LogP contribution in [0, 0.1) is 0 Å². The lowest BCUT2D eigenvalue weighted by Gasteiger charge is -2.29. The van der Waals surface area contributed by atoms with Crippen molar-refractivity contribution < 1.29 is 4.74 Å². The van der Waals surface area contributed by atoms with Crippen LogP contribution in [-0.4, -0.2) is 22.1 Å². The van der Waals surface area contributed by atoms with E-state index in [0.29, 0.717) is 0 Å². The second kappa shape index (κ2) is 4.61. The fourth-order valence-corrected chi connectivity index (χ4v) is 2.85. The highest BCUT2D eigenvalue weighted by atomic mass is 16.5. The molecule has 2 atom stereocenters. The number of aryl methyl sites for hydroxylation is 1. The van der Waals surface area contributed by atoms with Crippen molar-refractivity contribution >= 4 is 0 Å². The summed E-state index contributed by atoms with van der Waals surface area (Å²) >= 11 is 0. The van der Waals surface area contributed by atoms with Crippen LogP contribution in [0.2, 0.25) is 0 Å². The summed E-state index contributed by atoms with van der Waals surface area (Å²) < 4.78 is 6.03. The van der Waals surface area contributed by atoms with Crippen molar-refractivity contribution in [2.24, 2.45) is 5.73 Å². The summed E-state index contributed by atoms with van der Waals surface area (Å²) in [6.45, 7) is 0. The molecule has 2 unspecified atom stereocenters. The van der Waals surface area contributed by atoms with Crippen LogP contribution in [-0.2, 0) is 12.8 Å². The van der Waals surface area contributed by atoms with Crippen LogP contribution in [0.5, 0.6) is 5.88 Å². The number of aromatic nitrogens is 2. The van der Waals surface area contributed by atoms with Crippen LogP contribution in [0.15, 0.2) is 6.33 Å². The van der Waals surface area contributed by atoms with Gasteiger partial charge in [-0.2, -0.15) is 0 Å². The van der Waals surface area contributed by atoms with E-state index in [1.165, 1.54) is 30.5 Å². The van der Waals surface area contributed by atoms with Gasteiger partial charge in [0, 0.05) is 11.6 Å². The first-order valence-electron chi connectivity index (χ1n) is 6.59. The number of fused-ring (bicyclic) bond motifs is 1. The van der Waals surface area contributed by atoms with E-state index in [1.54, 1.807) is 6.33 Å². The van der Waals surface area contributed by atoms with Gasteiger partial charge < -0.3 is 10.5 Å². The molecule has 4 heteroatoms. The van der Waals surface area contributed by atoms with Crippen molar-refractivity contribution in [2.45, 2.75) is 57.1 Å². The van der Waals surface area contributed by atoms with E-state index in [-0.39, 0.29) is 12.1 Å². The van der Waals surface area contributed by atoms with Gasteiger partial charge in [0.2, 0.25) is 5.88 Å². The van der Waals surface area contributed by atoms with Gasteiger partial charge in [-0.25, -0.2) is 9.97 Å². The average molecular weight is 233 g/mol. The standard InChI is InChI=1S/C13H19N3O/c14-10-5-1-2-7-12(10)17-13-9-4-3-6-11(9)15-8-16-13/h8,10,12H,1-7,14H2. The van der Waals surface area contributed by atoms with Crippen molar-refractivity contribution in [2.75, 3.05) is 0 Å². The van der Waals surface area contributed by atoms with Crippen LogP contribution in [0.3, 0.4) is 0 Å². The Bertz CT molecular complexity index is 408. The van der Waals surface area contributed by atoms with Gasteiger partial charge in [-0.3, -0.25) is 0 Å². The Labute approximate surface area is 102 Å². The Morgan fingerprint density at radius 3 is 2.88 bits per heavy atom. The van der Waals surface area contributed by atoms with Gasteiger partial charge in [-0.05, 0) is 38.5 Å². The molecule has 0 amide bonds. The van der Waals surface area contributed by atoms with Crippen LogP contribution in [0.25, 0.3) is 0 Å². The second-order valence-corrected chi connectivity index (χ2v) is 5.06. The minimum absolute atomic E-state index is 0.142. The lowest BCUT2D eigenvalue weighted by Crippen LogP contribution is -2.41. The molecule has 1 aromatic rings. The zero-order chi connectivity index (χ0) is 11.7. The van der Waals surface area contributed by atoms with Gasteiger partial charge in [-0.15, -0.1) is 0 Å². The predicted octanol–water partition coefficient (Wildman–Crippen LogP) is 1.61. The highest BCUT2D eigenvalue weighted by Gasteiger charge is 2.26. The predicted molar refractivity (Wildman–Crippen MR) is 64.9 cm³/mol. The highest BCUT2D eigenvalue weighted by molar-refractivity contribution is 5.33. The normalized spacial score (nSPS) is 27.8. The maximum absolute atomic E-state index is 6.10. The van der Waals surface area contributed by atoms with Crippen LogP contribution in [0.1, 0.15) is 43.4 Å². The minimum atomic E-state index is 0.142. The minimum Gasteiger partial charge on any atom is -0.472 e. The van der Waals surface area contributed by atoms with Crippen LogP contribution in [0.4, 0.5) is 0 Å². The fourth-order valence-electron chi connectivity index (χ4n) is 2.85. The summed E-state index contributed by atoms with van der Waals surface area (Å²) in [5.41, 5.74) is 8.48. The largest absolute Gasteiger partial charge is 0.472 e. The quantitative estimate of drug-likeness (QED) is 0.843. The number of rotatable bonds is 2. The molecule has 4 nitrogen and oxygen atoms in total. The average Bonchev–Trinajstić information content (AvgIpc) is 2.81. The van der Waals surface area contributed by atoms with E-state index in [0.717, 1.165) is 31.6 Å². The maximum Gasteiger partial charge on any atom is 0.220 e. The van der Waals surface area contributed by atoms with Crippen molar-refractivity contribution in [1.82, 2.24) is 9.97 Å². The summed E-state index contributed by atoms with van der Waals surface area (Å²) in [6, 6.07) is 0.163. The second-order valence-electron chi connectivity index (χ2n) is 5.06. The first-order valence-corrected chi connectivity index (χ1v) is 6.59. The van der Waals surface area contributed by atoms with Gasteiger partial charge in [0.05, 0.1) is 5.69 Å². The van der Waals surface area contributed by atoms with Crippen molar-refractivity contribution in [3.63, 3.8) is 0 Å². The van der Waals surface area contributed by atoms with E-state index in [4.69, 9.17) is 10.5 Å². The molecule has 2 N–H and O–H groups in total. The zero-order valence-electron chi connectivity index (χ0n) is 10.1. The third-order valence-electron chi connectivity index (χ3n) is 3.85. The van der Waals surface area contributed by atoms with E-state index in [9.17, 15) is 0 Å². The van der Waals surface area contributed by atoms with E-state index < -0.39 is 0 Å². The van der Waals surface area contributed by atoms with Gasteiger partial charge in [0.25, 0.3) is 0 Å². The van der Waals surface area contributed by atoms with Crippen LogP contribution >= 0.6 is 0 Å². The number of nitrogens with zero attached hydrogens (tertiary/aromatic N) is 2. The molecule has 2 aliphatic rings. The van der Waals surface area contributed by atoms with Gasteiger partial charge >= 0.3 is 0 Å². The van der Waals surface area contributed by atoms with E-state index in [1.807, 2.05) is 0 Å². The molecular weight excluding hydrogens is 214 g/mol. The Hall–Kier alpha value is -1.16. The van der Waals surface area contributed by atoms with Crippen molar-refractivity contribution in [3.05, 3.63) is 17.6 Å². The molecule has 92 valence electrons. The molecule has 0 aromatic carbocycles. The summed E-state index contributed by atoms with van der Waals surface area (Å²) in [7, 11) is 0. The first-order chi connectivity index (χ1) is 8.34. The summed E-state index contributed by atoms with van der Waals surface area (Å²) in [4.78, 5) is 8.60. The highest BCUT2D eigenvalue weighted by Crippen LogP contribution is 2.29. The van der Waals surface area contributed by atoms with E-state index in [2.05, 4.69) is 9.97 Å². The van der Waals surface area contributed by atoms with Crippen LogP contribution < -0.4 is 10.5 Å². The SMILES string of the molecule is NC1CCCCC1Oc1ncnc2c1CCC2. The Morgan fingerprint density at radius 2 is 2.00 bits per heavy atom. The number of hydrogen-bond acceptors (Lipinski definition) is 4. The molecule has 0 bridgehead atoms. The molecule has 0 radical (unpaired) electrons. The smallest absolute Gasteiger partial charge is 0.220 e. The topological polar surface area (TPSA) is 61.0 Å². The molecule has 2 aliphatic carbocycles. The molecule has 1 heterocycles. The van der Waals surface area contributed by atoms with Gasteiger partial charge in [0.15, 0.2) is 0 Å². The van der Waals surface area contributed by atoms with Crippen molar-refractivity contribution in [1.29, 1.82) is 0 Å². The summed E-state index contributed by atoms with van der Waals surface area (Å²) in [5.74, 6) is 0.787. The first kappa shape index (κ1) is 11.0. The molecule has 0 spiro atoms. The lowest BCUT2D eigenvalue weighted by atomic mass is 9.93. The molecule has 0 saturated heterocycles. The summed E-state index contributed by atoms with van der Waals surface area (Å²) in [5, 5.41) is 0. The Kier molecular flexibility index (Phi) is 2.97. The van der Waals surface area contributed by atoms with E-state index >= 15 is 0 Å². The molecule has 0 aliphatic heterocycles.